The maximum Gasteiger partial charge on any atom is 0.256 e. The zero-order chi connectivity index (χ0) is 23.7. The Kier molecular flexibility index (Phi) is 5.91. The molecule has 0 amide bonds. The predicted molar refractivity (Wildman–Crippen MR) is 124 cm³/mol. The van der Waals surface area contributed by atoms with Crippen molar-refractivity contribution in [2.45, 2.75) is 12.6 Å². The number of pyridine rings is 3. The third kappa shape index (κ3) is 4.09. The first-order valence-corrected chi connectivity index (χ1v) is 10.8. The Hall–Kier alpha value is -3.89. The molecule has 1 aliphatic heterocycles. The molecule has 4 aromatic heterocycles. The summed E-state index contributed by atoms with van der Waals surface area (Å²) in [5, 5.41) is 11.5. The number of rotatable bonds is 6. The highest BCUT2D eigenvalue weighted by Crippen LogP contribution is 2.33. The minimum atomic E-state index is -0.196. The van der Waals surface area contributed by atoms with Gasteiger partial charge in [-0.25, -0.2) is 9.97 Å². The number of nitrogens with zero attached hydrogens (tertiary/aromatic N) is 4. The van der Waals surface area contributed by atoms with Crippen molar-refractivity contribution < 1.29 is 24.1 Å². The molecular weight excluding hydrogens is 440 g/mol. The second-order valence-electron chi connectivity index (χ2n) is 7.83. The summed E-state index contributed by atoms with van der Waals surface area (Å²) in [6.45, 7) is 1.87. The van der Waals surface area contributed by atoms with Crippen LogP contribution in [0.5, 0.6) is 17.5 Å². The largest absolute Gasteiger partial charge is 0.494 e. The van der Waals surface area contributed by atoms with Crippen LogP contribution in [0.2, 0.25) is 0 Å². The molecule has 0 spiro atoms. The van der Waals surface area contributed by atoms with E-state index in [1.54, 1.807) is 59.1 Å². The van der Waals surface area contributed by atoms with Gasteiger partial charge in [0.2, 0.25) is 5.88 Å². The first kappa shape index (κ1) is 21.9. The van der Waals surface area contributed by atoms with Crippen LogP contribution >= 0.6 is 0 Å². The summed E-state index contributed by atoms with van der Waals surface area (Å²) in [6, 6.07) is 8.52. The normalized spacial score (nSPS) is 16.0. The fourth-order valence-corrected chi connectivity index (χ4v) is 3.97. The lowest BCUT2D eigenvalue weighted by atomic mass is 10.1. The molecule has 176 valence electrons. The summed E-state index contributed by atoms with van der Waals surface area (Å²) < 4.78 is 24.8. The van der Waals surface area contributed by atoms with Crippen molar-refractivity contribution in [1.82, 2.24) is 19.1 Å². The molecule has 4 aromatic rings. The standard InChI is InChI=1S/C24H24N4O6/c1-31-21-9-15(10-25-23(21)32-2)19-5-4-18-20(26-19)13-28(24(18)30)16-3-6-22(29)27(11-16)12-17-14-33-7-8-34-17/h3-6,9-11,13,17,30H,7-8,12,14H2,1-2H3. The summed E-state index contributed by atoms with van der Waals surface area (Å²) in [5.41, 5.74) is 2.47. The van der Waals surface area contributed by atoms with E-state index in [9.17, 15) is 9.90 Å². The van der Waals surface area contributed by atoms with E-state index in [2.05, 4.69) is 4.98 Å². The molecule has 5 rings (SSSR count). The van der Waals surface area contributed by atoms with Gasteiger partial charge in [-0.1, -0.05) is 0 Å². The van der Waals surface area contributed by atoms with Crippen molar-refractivity contribution in [2.24, 2.45) is 0 Å². The van der Waals surface area contributed by atoms with E-state index in [1.807, 2.05) is 0 Å². The fraction of sp³-hybridized carbons (Fsp3) is 0.292. The van der Waals surface area contributed by atoms with Gasteiger partial charge in [0, 0.05) is 30.2 Å². The number of ether oxygens (including phenoxy) is 4. The average molecular weight is 464 g/mol. The van der Waals surface area contributed by atoms with E-state index in [0.717, 1.165) is 5.56 Å². The van der Waals surface area contributed by atoms with Gasteiger partial charge in [0.1, 0.15) is 0 Å². The van der Waals surface area contributed by atoms with Crippen LogP contribution in [0, 0.1) is 0 Å². The van der Waals surface area contributed by atoms with Gasteiger partial charge in [-0.15, -0.1) is 0 Å². The van der Waals surface area contributed by atoms with Crippen molar-refractivity contribution in [1.29, 1.82) is 0 Å². The second kappa shape index (κ2) is 9.16. The van der Waals surface area contributed by atoms with Gasteiger partial charge >= 0.3 is 0 Å². The zero-order valence-electron chi connectivity index (χ0n) is 18.8. The Morgan fingerprint density at radius 3 is 2.79 bits per heavy atom. The number of methoxy groups -OCH3 is 2. The molecule has 1 fully saturated rings. The molecule has 10 nitrogen and oxygen atoms in total. The van der Waals surface area contributed by atoms with E-state index in [1.165, 1.54) is 13.2 Å². The molecule has 1 atom stereocenters. The number of aromatic hydroxyl groups is 1. The molecule has 0 aliphatic carbocycles. The van der Waals surface area contributed by atoms with E-state index in [-0.39, 0.29) is 17.5 Å². The minimum absolute atomic E-state index is 0.0296. The summed E-state index contributed by atoms with van der Waals surface area (Å²) in [5.74, 6) is 0.912. The van der Waals surface area contributed by atoms with Crippen molar-refractivity contribution >= 4 is 10.9 Å². The van der Waals surface area contributed by atoms with E-state index >= 15 is 0 Å². The van der Waals surface area contributed by atoms with Crippen molar-refractivity contribution in [3.63, 3.8) is 0 Å². The first-order valence-electron chi connectivity index (χ1n) is 10.8. The molecule has 0 aromatic carbocycles. The summed E-state index contributed by atoms with van der Waals surface area (Å²) in [7, 11) is 3.07. The molecule has 1 saturated heterocycles. The first-order chi connectivity index (χ1) is 16.6. The molecule has 0 radical (unpaired) electrons. The third-order valence-corrected chi connectivity index (χ3v) is 5.70. The highest BCUT2D eigenvalue weighted by Gasteiger charge is 2.17. The summed E-state index contributed by atoms with van der Waals surface area (Å²) in [6.07, 6.45) is 4.88. The van der Waals surface area contributed by atoms with Crippen LogP contribution in [0.15, 0.2) is 53.7 Å². The lowest BCUT2D eigenvalue weighted by molar-refractivity contribution is -0.0938. The lowest BCUT2D eigenvalue weighted by Gasteiger charge is -2.23. The monoisotopic (exact) mass is 464 g/mol. The summed E-state index contributed by atoms with van der Waals surface area (Å²) >= 11 is 0. The fourth-order valence-electron chi connectivity index (χ4n) is 3.97. The molecule has 1 aliphatic rings. The molecule has 1 N–H and O–H groups in total. The Balaban J connectivity index is 1.50. The highest BCUT2D eigenvalue weighted by atomic mass is 16.6. The van der Waals surface area contributed by atoms with Crippen LogP contribution in [0.4, 0.5) is 0 Å². The van der Waals surface area contributed by atoms with Crippen LogP contribution in [0.1, 0.15) is 0 Å². The van der Waals surface area contributed by atoms with Gasteiger partial charge in [0.05, 0.1) is 69.0 Å². The second-order valence-corrected chi connectivity index (χ2v) is 7.83. The highest BCUT2D eigenvalue weighted by molar-refractivity contribution is 5.87. The Morgan fingerprint density at radius 1 is 1.15 bits per heavy atom. The van der Waals surface area contributed by atoms with Crippen molar-refractivity contribution in [2.75, 3.05) is 34.0 Å². The van der Waals surface area contributed by atoms with Crippen LogP contribution in [0.3, 0.4) is 0 Å². The maximum atomic E-state index is 12.4. The van der Waals surface area contributed by atoms with Gasteiger partial charge in [0.15, 0.2) is 5.75 Å². The van der Waals surface area contributed by atoms with Crippen molar-refractivity contribution in [3.05, 3.63) is 59.3 Å². The van der Waals surface area contributed by atoms with Gasteiger partial charge in [-0.05, 0) is 24.3 Å². The van der Waals surface area contributed by atoms with Crippen molar-refractivity contribution in [3.8, 4) is 34.5 Å². The number of fused-ring (bicyclic) bond motifs is 1. The molecule has 0 saturated carbocycles. The minimum Gasteiger partial charge on any atom is -0.494 e. The van der Waals surface area contributed by atoms with E-state index in [0.29, 0.717) is 60.3 Å². The molecule has 10 heteroatoms. The van der Waals surface area contributed by atoms with Gasteiger partial charge in [-0.3, -0.25) is 9.36 Å². The van der Waals surface area contributed by atoms with Gasteiger partial charge in [-0.2, -0.15) is 0 Å². The van der Waals surface area contributed by atoms with E-state index in [4.69, 9.17) is 23.9 Å². The topological polar surface area (TPSA) is 110 Å². The maximum absolute atomic E-state index is 12.4. The number of aromatic nitrogens is 4. The third-order valence-electron chi connectivity index (χ3n) is 5.70. The van der Waals surface area contributed by atoms with Crippen LogP contribution in [0.25, 0.3) is 27.8 Å². The SMILES string of the molecule is COc1cc(-c2ccc3c(O)n(-c4ccc(=O)n(CC5COCCO5)c4)cc3n2)cnc1OC. The predicted octanol–water partition coefficient (Wildman–Crippen LogP) is 2.39. The van der Waals surface area contributed by atoms with Gasteiger partial charge < -0.3 is 28.6 Å². The van der Waals surface area contributed by atoms with Crippen LogP contribution < -0.4 is 15.0 Å². The Bertz CT molecular complexity index is 1390. The number of hydrogen-bond acceptors (Lipinski definition) is 8. The van der Waals surface area contributed by atoms with Gasteiger partial charge in [0.25, 0.3) is 11.4 Å². The van der Waals surface area contributed by atoms with Crippen LogP contribution in [-0.4, -0.2) is 64.4 Å². The van der Waals surface area contributed by atoms with E-state index < -0.39 is 0 Å². The van der Waals surface area contributed by atoms with Crippen LogP contribution in [-0.2, 0) is 16.0 Å². The Morgan fingerprint density at radius 2 is 2.03 bits per heavy atom. The smallest absolute Gasteiger partial charge is 0.256 e. The quantitative estimate of drug-likeness (QED) is 0.463. The Labute approximate surface area is 194 Å². The lowest BCUT2D eigenvalue weighted by Crippen LogP contribution is -2.35. The molecule has 0 bridgehead atoms. The number of hydrogen-bond donors (Lipinski definition) is 1. The molecule has 5 heterocycles. The average Bonchev–Trinajstić information content (AvgIpc) is 3.21. The zero-order valence-corrected chi connectivity index (χ0v) is 18.8. The summed E-state index contributed by atoms with van der Waals surface area (Å²) in [4.78, 5) is 21.4. The molecular formula is C24H24N4O6. The molecule has 1 unspecified atom stereocenters. The molecule has 34 heavy (non-hydrogen) atoms.